The zero-order chi connectivity index (χ0) is 15.7. The number of hydrogen-bond donors (Lipinski definition) is 0. The van der Waals surface area contributed by atoms with Gasteiger partial charge >= 0.3 is 8.64 Å². The number of hydrogen-bond acceptors (Lipinski definition) is 3. The van der Waals surface area contributed by atoms with E-state index >= 15 is 0 Å². The fourth-order valence-electron chi connectivity index (χ4n) is 3.25. The Labute approximate surface area is 133 Å². The van der Waals surface area contributed by atoms with Crippen molar-refractivity contribution in [3.63, 3.8) is 0 Å². The van der Waals surface area contributed by atoms with Crippen LogP contribution in [0, 0.1) is 0 Å². The summed E-state index contributed by atoms with van der Waals surface area (Å²) in [7, 11) is -0.511. The molecule has 0 saturated carbocycles. The average Bonchev–Trinajstić information content (AvgIpc) is 2.76. The van der Waals surface area contributed by atoms with Crippen LogP contribution in [0.25, 0.3) is 0 Å². The minimum absolute atomic E-state index is 1.19. The predicted molar refractivity (Wildman–Crippen MR) is 94.8 cm³/mol. The van der Waals surface area contributed by atoms with Gasteiger partial charge in [0, 0.05) is 29.9 Å². The van der Waals surface area contributed by atoms with Gasteiger partial charge in [0.25, 0.3) is 0 Å². The number of nitrogens with zero attached hydrogens (tertiary/aromatic N) is 2. The molecule has 0 saturated heterocycles. The van der Waals surface area contributed by atoms with E-state index < -0.39 is 8.64 Å². The van der Waals surface area contributed by atoms with Crippen LogP contribution in [-0.2, 0) is 4.43 Å². The van der Waals surface area contributed by atoms with Crippen molar-refractivity contribution in [3.8, 4) is 0 Å². The summed E-state index contributed by atoms with van der Waals surface area (Å²) in [6.07, 6.45) is 0. The number of allylic oxidation sites excluding steroid dienone is 2. The molecule has 1 aliphatic rings. The Hall–Kier alpha value is -2.04. The summed E-state index contributed by atoms with van der Waals surface area (Å²) in [5.74, 6) is 0. The molecule has 22 heavy (non-hydrogen) atoms. The fourth-order valence-corrected chi connectivity index (χ4v) is 6.64. The number of rotatable bonds is 3. The van der Waals surface area contributed by atoms with Gasteiger partial charge in [0.1, 0.15) is 0 Å². The molecule has 1 heterocycles. The lowest BCUT2D eigenvalue weighted by atomic mass is 10.2. The summed E-state index contributed by atoms with van der Waals surface area (Å²) in [5.41, 5.74) is 4.89. The summed E-state index contributed by atoms with van der Waals surface area (Å²) in [5, 5.41) is 0. The van der Waals surface area contributed by atoms with Crippen molar-refractivity contribution in [2.45, 2.75) is 20.4 Å². The average molecular weight is 310 g/mol. The maximum atomic E-state index is 6.12. The maximum Gasteiger partial charge on any atom is 0.424 e. The van der Waals surface area contributed by atoms with Crippen molar-refractivity contribution in [2.75, 3.05) is 16.2 Å². The first kappa shape index (κ1) is 14.9. The lowest BCUT2D eigenvalue weighted by Crippen LogP contribution is -2.60. The van der Waals surface area contributed by atoms with Crippen LogP contribution >= 0.6 is 0 Å². The molecule has 0 atom stereocenters. The topological polar surface area (TPSA) is 15.7 Å². The molecule has 2 aromatic rings. The highest BCUT2D eigenvalue weighted by atomic mass is 28.4. The molecule has 0 bridgehead atoms. The Morgan fingerprint density at radius 1 is 0.727 bits per heavy atom. The first-order valence-corrected chi connectivity index (χ1v) is 9.83. The van der Waals surface area contributed by atoms with Crippen LogP contribution < -0.4 is 9.13 Å². The molecule has 3 rings (SSSR count). The largest absolute Gasteiger partial charge is 0.424 e. The SMILES string of the molecule is CO[Si]1(C)N(c2ccccc2)C(C)=C(C)N1c1ccccc1. The van der Waals surface area contributed by atoms with E-state index in [1.807, 2.05) is 19.2 Å². The fraction of sp³-hybridized carbons (Fsp3) is 0.222. The van der Waals surface area contributed by atoms with E-state index in [0.717, 1.165) is 0 Å². The molecule has 2 aromatic carbocycles. The molecule has 0 aliphatic carbocycles. The first-order chi connectivity index (χ1) is 10.6. The van der Waals surface area contributed by atoms with Gasteiger partial charge in [0.15, 0.2) is 0 Å². The van der Waals surface area contributed by atoms with Crippen LogP contribution in [0.2, 0.25) is 6.55 Å². The lowest BCUT2D eigenvalue weighted by molar-refractivity contribution is 0.399. The van der Waals surface area contributed by atoms with Crippen LogP contribution in [0.15, 0.2) is 72.1 Å². The standard InChI is InChI=1S/C18H22N2OSi/c1-15-16(2)20(18-13-9-6-10-14-18)22(4,21-3)19(15)17-11-7-5-8-12-17/h5-14H,1-4H3. The Morgan fingerprint density at radius 3 is 1.41 bits per heavy atom. The van der Waals surface area contributed by atoms with E-state index in [0.29, 0.717) is 0 Å². The van der Waals surface area contributed by atoms with Crippen LogP contribution in [0.5, 0.6) is 0 Å². The number of para-hydroxylation sites is 2. The summed E-state index contributed by atoms with van der Waals surface area (Å²) >= 11 is 0. The van der Waals surface area contributed by atoms with Gasteiger partial charge in [-0.05, 0) is 44.7 Å². The molecule has 0 spiro atoms. The third-order valence-corrected chi connectivity index (χ3v) is 8.06. The van der Waals surface area contributed by atoms with Crippen LogP contribution in [0.3, 0.4) is 0 Å². The highest BCUT2D eigenvalue weighted by Gasteiger charge is 2.51. The Balaban J connectivity index is 2.14. The zero-order valence-electron chi connectivity index (χ0n) is 13.6. The minimum Gasteiger partial charge on any atom is -0.386 e. The van der Waals surface area contributed by atoms with E-state index in [9.17, 15) is 0 Å². The van der Waals surface area contributed by atoms with E-state index in [-0.39, 0.29) is 0 Å². The molecule has 0 amide bonds. The monoisotopic (exact) mass is 310 g/mol. The van der Waals surface area contributed by atoms with E-state index in [4.69, 9.17) is 4.43 Å². The summed E-state index contributed by atoms with van der Waals surface area (Å²) in [4.78, 5) is 0. The van der Waals surface area contributed by atoms with Crippen molar-refractivity contribution in [1.82, 2.24) is 0 Å². The molecule has 0 N–H and O–H groups in total. The van der Waals surface area contributed by atoms with Crippen molar-refractivity contribution in [2.24, 2.45) is 0 Å². The van der Waals surface area contributed by atoms with Gasteiger partial charge in [-0.2, -0.15) is 0 Å². The van der Waals surface area contributed by atoms with Crippen molar-refractivity contribution >= 4 is 20.0 Å². The van der Waals surface area contributed by atoms with Gasteiger partial charge in [-0.1, -0.05) is 36.4 Å². The maximum absolute atomic E-state index is 6.12. The second kappa shape index (κ2) is 5.63. The summed E-state index contributed by atoms with van der Waals surface area (Å²) in [6.45, 7) is 6.60. The third kappa shape index (κ3) is 2.15. The smallest absolute Gasteiger partial charge is 0.386 e. The van der Waals surface area contributed by atoms with Crippen molar-refractivity contribution < 1.29 is 4.43 Å². The van der Waals surface area contributed by atoms with Crippen LogP contribution in [-0.4, -0.2) is 15.8 Å². The van der Waals surface area contributed by atoms with E-state index in [1.165, 1.54) is 22.8 Å². The summed E-state index contributed by atoms with van der Waals surface area (Å²) < 4.78 is 10.9. The van der Waals surface area contributed by atoms with Crippen LogP contribution in [0.4, 0.5) is 11.4 Å². The quantitative estimate of drug-likeness (QED) is 0.777. The molecule has 0 unspecified atom stereocenters. The van der Waals surface area contributed by atoms with Gasteiger partial charge < -0.3 is 13.6 Å². The molecule has 114 valence electrons. The van der Waals surface area contributed by atoms with Gasteiger partial charge in [0.05, 0.1) is 0 Å². The number of anilines is 2. The number of benzene rings is 2. The highest BCUT2D eigenvalue weighted by Crippen LogP contribution is 2.41. The van der Waals surface area contributed by atoms with Crippen molar-refractivity contribution in [1.29, 1.82) is 0 Å². The van der Waals surface area contributed by atoms with Crippen LogP contribution in [0.1, 0.15) is 13.8 Å². The normalized spacial score (nSPS) is 17.3. The lowest BCUT2D eigenvalue weighted by Gasteiger charge is -2.39. The second-order valence-electron chi connectivity index (χ2n) is 5.65. The molecule has 3 nitrogen and oxygen atoms in total. The van der Waals surface area contributed by atoms with Gasteiger partial charge in [-0.25, -0.2) is 0 Å². The summed E-state index contributed by atoms with van der Waals surface area (Å²) in [6, 6.07) is 21.0. The minimum atomic E-state index is -2.33. The zero-order valence-corrected chi connectivity index (χ0v) is 14.6. The van der Waals surface area contributed by atoms with Gasteiger partial charge in [-0.15, -0.1) is 0 Å². The highest BCUT2D eigenvalue weighted by molar-refractivity contribution is 6.82. The predicted octanol–water partition coefficient (Wildman–Crippen LogP) is 4.48. The Bertz CT molecular complexity index is 629. The molecule has 4 heteroatoms. The Kier molecular flexibility index (Phi) is 3.81. The molecule has 0 aromatic heterocycles. The molecule has 0 fully saturated rings. The van der Waals surface area contributed by atoms with Gasteiger partial charge in [-0.3, -0.25) is 0 Å². The Morgan fingerprint density at radius 2 is 1.09 bits per heavy atom. The van der Waals surface area contributed by atoms with Crippen molar-refractivity contribution in [3.05, 3.63) is 72.1 Å². The molecular formula is C18H22N2OSi. The van der Waals surface area contributed by atoms with Gasteiger partial charge in [0.2, 0.25) is 0 Å². The molecular weight excluding hydrogens is 288 g/mol. The van der Waals surface area contributed by atoms with E-state index in [2.05, 4.69) is 78.1 Å². The van der Waals surface area contributed by atoms with E-state index in [1.54, 1.807) is 0 Å². The molecule has 0 radical (unpaired) electrons. The molecule has 1 aliphatic heterocycles. The third-order valence-electron chi connectivity index (χ3n) is 4.44. The first-order valence-electron chi connectivity index (χ1n) is 7.53. The second-order valence-corrected chi connectivity index (χ2v) is 8.82.